The molecule has 0 bridgehead atoms. The van der Waals surface area contributed by atoms with Crippen molar-refractivity contribution in [2.24, 2.45) is 0 Å². The Morgan fingerprint density at radius 1 is 0.846 bits per heavy atom. The highest BCUT2D eigenvalue weighted by Crippen LogP contribution is 2.32. The van der Waals surface area contributed by atoms with E-state index in [-0.39, 0.29) is 5.75 Å². The molecular formula is C21H16F3NO. The fourth-order valence-corrected chi connectivity index (χ4v) is 2.39. The van der Waals surface area contributed by atoms with E-state index in [1.54, 1.807) is 18.2 Å². The summed E-state index contributed by atoms with van der Waals surface area (Å²) < 4.78 is 43.9. The summed E-state index contributed by atoms with van der Waals surface area (Å²) >= 11 is 0. The van der Waals surface area contributed by atoms with Crippen molar-refractivity contribution < 1.29 is 17.9 Å². The van der Waals surface area contributed by atoms with Crippen LogP contribution in [0.25, 0.3) is 12.2 Å². The highest BCUT2D eigenvalue weighted by atomic mass is 19.4. The fourth-order valence-electron chi connectivity index (χ4n) is 2.39. The first-order valence-corrected chi connectivity index (χ1v) is 7.97. The third-order valence-corrected chi connectivity index (χ3v) is 3.61. The molecule has 0 unspecified atom stereocenters. The second-order valence-electron chi connectivity index (χ2n) is 5.74. The van der Waals surface area contributed by atoms with Crippen LogP contribution < -0.4 is 4.74 Å². The summed E-state index contributed by atoms with van der Waals surface area (Å²) in [5.41, 5.74) is 1.87. The zero-order valence-corrected chi connectivity index (χ0v) is 14.0. The number of aromatic nitrogens is 1. The van der Waals surface area contributed by atoms with Crippen LogP contribution >= 0.6 is 0 Å². The summed E-state index contributed by atoms with van der Waals surface area (Å²) in [5.74, 6) is 0.602. The summed E-state index contributed by atoms with van der Waals surface area (Å²) in [5, 5.41) is 0. The van der Waals surface area contributed by atoms with E-state index in [1.807, 2.05) is 43.3 Å². The average Bonchev–Trinajstić information content (AvgIpc) is 2.60. The number of aryl methyl sites for hydroxylation is 1. The first-order chi connectivity index (χ1) is 12.4. The quantitative estimate of drug-likeness (QED) is 0.542. The van der Waals surface area contributed by atoms with E-state index >= 15 is 0 Å². The van der Waals surface area contributed by atoms with Crippen molar-refractivity contribution in [1.29, 1.82) is 0 Å². The first kappa shape index (κ1) is 17.7. The highest BCUT2D eigenvalue weighted by Gasteiger charge is 2.30. The van der Waals surface area contributed by atoms with Gasteiger partial charge in [0, 0.05) is 5.69 Å². The van der Waals surface area contributed by atoms with E-state index in [9.17, 15) is 13.2 Å². The van der Waals surface area contributed by atoms with Crippen molar-refractivity contribution in [3.8, 4) is 11.5 Å². The molecule has 0 spiro atoms. The SMILES string of the molecule is Cc1cccc(C=Cc2cccc(Oc3cccc(C(F)(F)F)c3)c2)n1. The molecule has 2 nitrogen and oxygen atoms in total. The molecule has 2 aromatic carbocycles. The van der Waals surface area contributed by atoms with Crippen LogP contribution in [0.2, 0.25) is 0 Å². The molecule has 0 N–H and O–H groups in total. The molecule has 0 aliphatic carbocycles. The smallest absolute Gasteiger partial charge is 0.416 e. The molecule has 0 aliphatic heterocycles. The van der Waals surface area contributed by atoms with Crippen LogP contribution in [0.3, 0.4) is 0 Å². The minimum absolute atomic E-state index is 0.140. The van der Waals surface area contributed by atoms with Crippen LogP contribution in [0, 0.1) is 6.92 Å². The van der Waals surface area contributed by atoms with Gasteiger partial charge in [0.05, 0.1) is 11.3 Å². The Kier molecular flexibility index (Phi) is 5.07. The van der Waals surface area contributed by atoms with E-state index < -0.39 is 11.7 Å². The number of halogens is 3. The van der Waals surface area contributed by atoms with Crippen LogP contribution in [-0.4, -0.2) is 4.98 Å². The number of nitrogens with zero attached hydrogens (tertiary/aromatic N) is 1. The van der Waals surface area contributed by atoms with Crippen LogP contribution in [-0.2, 0) is 6.18 Å². The van der Waals surface area contributed by atoms with Crippen LogP contribution in [0.15, 0.2) is 66.7 Å². The zero-order chi connectivity index (χ0) is 18.6. The van der Waals surface area contributed by atoms with Crippen molar-refractivity contribution in [1.82, 2.24) is 4.98 Å². The minimum Gasteiger partial charge on any atom is -0.457 e. The molecule has 0 atom stereocenters. The van der Waals surface area contributed by atoms with E-state index in [4.69, 9.17) is 4.74 Å². The third-order valence-electron chi connectivity index (χ3n) is 3.61. The Morgan fingerprint density at radius 3 is 2.27 bits per heavy atom. The fraction of sp³-hybridized carbons (Fsp3) is 0.0952. The molecule has 0 aliphatic rings. The number of hydrogen-bond acceptors (Lipinski definition) is 2. The maximum Gasteiger partial charge on any atom is 0.416 e. The van der Waals surface area contributed by atoms with Gasteiger partial charge in [-0.1, -0.05) is 30.3 Å². The number of alkyl halides is 3. The maximum absolute atomic E-state index is 12.8. The Morgan fingerprint density at radius 2 is 1.54 bits per heavy atom. The van der Waals surface area contributed by atoms with Crippen LogP contribution in [0.4, 0.5) is 13.2 Å². The van der Waals surface area contributed by atoms with Gasteiger partial charge >= 0.3 is 6.18 Å². The predicted molar refractivity (Wildman–Crippen MR) is 95.9 cm³/mol. The Bertz CT molecular complexity index is 932. The van der Waals surface area contributed by atoms with Gasteiger partial charge in [0.25, 0.3) is 0 Å². The van der Waals surface area contributed by atoms with Crippen LogP contribution in [0.5, 0.6) is 11.5 Å². The second kappa shape index (κ2) is 7.44. The summed E-state index contributed by atoms with van der Waals surface area (Å²) in [7, 11) is 0. The zero-order valence-electron chi connectivity index (χ0n) is 14.0. The van der Waals surface area contributed by atoms with Crippen molar-refractivity contribution in [3.05, 3.63) is 89.2 Å². The number of rotatable bonds is 4. The molecule has 0 fully saturated rings. The number of benzene rings is 2. The highest BCUT2D eigenvalue weighted by molar-refractivity contribution is 5.68. The summed E-state index contributed by atoms with van der Waals surface area (Å²) in [6, 6.07) is 17.7. The topological polar surface area (TPSA) is 22.1 Å². The lowest BCUT2D eigenvalue weighted by Gasteiger charge is -2.10. The van der Waals surface area contributed by atoms with Crippen LogP contribution in [0.1, 0.15) is 22.5 Å². The molecule has 5 heteroatoms. The largest absolute Gasteiger partial charge is 0.457 e. The summed E-state index contributed by atoms with van der Waals surface area (Å²) in [6.45, 7) is 1.92. The van der Waals surface area contributed by atoms with Crippen molar-refractivity contribution in [2.45, 2.75) is 13.1 Å². The van der Waals surface area contributed by atoms with E-state index in [0.717, 1.165) is 29.1 Å². The third kappa shape index (κ3) is 4.72. The average molecular weight is 355 g/mol. The number of pyridine rings is 1. The Balaban J connectivity index is 1.78. The molecule has 1 aromatic heterocycles. The van der Waals surface area contributed by atoms with Crippen molar-refractivity contribution in [2.75, 3.05) is 0 Å². The Labute approximate surface area is 149 Å². The van der Waals surface area contributed by atoms with Gasteiger partial charge in [-0.25, -0.2) is 0 Å². The number of ether oxygens (including phenoxy) is 1. The molecule has 132 valence electrons. The van der Waals surface area contributed by atoms with Gasteiger partial charge in [-0.05, 0) is 61.0 Å². The van der Waals surface area contributed by atoms with Gasteiger partial charge in [0.15, 0.2) is 0 Å². The molecule has 0 radical (unpaired) electrons. The number of hydrogen-bond donors (Lipinski definition) is 0. The van der Waals surface area contributed by atoms with E-state index in [2.05, 4.69) is 4.98 Å². The molecule has 0 saturated heterocycles. The molecule has 3 aromatic rings. The standard InChI is InChI=1S/C21H16F3NO/c1-15-5-2-8-18(25-15)12-11-16-6-3-9-19(13-16)26-20-10-4-7-17(14-20)21(22,23)24/h2-14H,1H3. The summed E-state index contributed by atoms with van der Waals surface area (Å²) in [6.07, 6.45) is -0.651. The molecule has 0 amide bonds. The van der Waals surface area contributed by atoms with Gasteiger partial charge < -0.3 is 4.74 Å². The van der Waals surface area contributed by atoms with Gasteiger partial charge in [0.2, 0.25) is 0 Å². The maximum atomic E-state index is 12.8. The lowest BCUT2D eigenvalue weighted by molar-refractivity contribution is -0.137. The van der Waals surface area contributed by atoms with E-state index in [1.165, 1.54) is 12.1 Å². The molecular weight excluding hydrogens is 339 g/mol. The molecule has 26 heavy (non-hydrogen) atoms. The molecule has 0 saturated carbocycles. The predicted octanol–water partition coefficient (Wildman–Crippen LogP) is 6.37. The normalized spacial score (nSPS) is 11.7. The van der Waals surface area contributed by atoms with Gasteiger partial charge in [0.1, 0.15) is 11.5 Å². The lowest BCUT2D eigenvalue weighted by atomic mass is 10.1. The monoisotopic (exact) mass is 355 g/mol. The summed E-state index contributed by atoms with van der Waals surface area (Å²) in [4.78, 5) is 4.39. The van der Waals surface area contributed by atoms with Crippen molar-refractivity contribution in [3.63, 3.8) is 0 Å². The minimum atomic E-state index is -4.40. The Hall–Kier alpha value is -3.08. The van der Waals surface area contributed by atoms with Gasteiger partial charge in [-0.3, -0.25) is 4.98 Å². The molecule has 1 heterocycles. The van der Waals surface area contributed by atoms with E-state index in [0.29, 0.717) is 5.75 Å². The van der Waals surface area contributed by atoms with Crippen molar-refractivity contribution >= 4 is 12.2 Å². The second-order valence-corrected chi connectivity index (χ2v) is 5.74. The van der Waals surface area contributed by atoms with Gasteiger partial charge in [-0.2, -0.15) is 13.2 Å². The lowest BCUT2D eigenvalue weighted by Crippen LogP contribution is -2.04. The van der Waals surface area contributed by atoms with Gasteiger partial charge in [-0.15, -0.1) is 0 Å². The molecule has 3 rings (SSSR count). The first-order valence-electron chi connectivity index (χ1n) is 7.97.